The standard InChI is InChI=1S/C7H12O5S/c1-13(10,11)4-5-2-3-6(12-5)7(8)9/h5-6H,2-4H2,1H3,(H,8,9). The maximum absolute atomic E-state index is 10.8. The first-order chi connectivity index (χ1) is 5.88. The van der Waals surface area contributed by atoms with Crippen LogP contribution >= 0.6 is 0 Å². The molecule has 1 fully saturated rings. The molecule has 0 radical (unpaired) electrons. The van der Waals surface area contributed by atoms with Crippen LogP contribution in [0.4, 0.5) is 0 Å². The quantitative estimate of drug-likeness (QED) is 0.686. The van der Waals surface area contributed by atoms with Gasteiger partial charge in [-0.15, -0.1) is 0 Å². The summed E-state index contributed by atoms with van der Waals surface area (Å²) in [7, 11) is -3.07. The minimum Gasteiger partial charge on any atom is -0.479 e. The largest absolute Gasteiger partial charge is 0.479 e. The molecule has 13 heavy (non-hydrogen) atoms. The SMILES string of the molecule is CS(=O)(=O)CC1CCC(C(=O)O)O1. The highest BCUT2D eigenvalue weighted by atomic mass is 32.2. The Kier molecular flexibility index (Phi) is 2.92. The summed E-state index contributed by atoms with van der Waals surface area (Å²) in [6, 6.07) is 0. The number of sulfone groups is 1. The second kappa shape index (κ2) is 3.63. The lowest BCUT2D eigenvalue weighted by Gasteiger charge is -2.08. The Balaban J connectivity index is 2.47. The van der Waals surface area contributed by atoms with E-state index in [-0.39, 0.29) is 5.75 Å². The number of carboxylic acid groups (broad SMARTS) is 1. The van der Waals surface area contributed by atoms with E-state index in [1.807, 2.05) is 0 Å². The third kappa shape index (κ3) is 3.31. The predicted molar refractivity (Wildman–Crippen MR) is 45.2 cm³/mol. The Morgan fingerprint density at radius 3 is 2.54 bits per heavy atom. The molecule has 0 saturated carbocycles. The van der Waals surface area contributed by atoms with E-state index in [1.165, 1.54) is 0 Å². The Morgan fingerprint density at radius 2 is 2.15 bits per heavy atom. The predicted octanol–water partition coefficient (Wildman–Crippen LogP) is -0.337. The number of hydrogen-bond donors (Lipinski definition) is 1. The Labute approximate surface area is 76.6 Å². The zero-order valence-corrected chi connectivity index (χ0v) is 8.08. The first kappa shape index (κ1) is 10.5. The van der Waals surface area contributed by atoms with Crippen molar-refractivity contribution < 1.29 is 23.1 Å². The number of carbonyl (C=O) groups is 1. The van der Waals surface area contributed by atoms with Gasteiger partial charge in [-0.25, -0.2) is 13.2 Å². The molecule has 0 aromatic rings. The molecule has 0 bridgehead atoms. The average Bonchev–Trinajstić information content (AvgIpc) is 2.31. The van der Waals surface area contributed by atoms with Crippen molar-refractivity contribution in [3.8, 4) is 0 Å². The second-order valence-corrected chi connectivity index (χ2v) is 5.44. The van der Waals surface area contributed by atoms with Gasteiger partial charge in [0.25, 0.3) is 0 Å². The van der Waals surface area contributed by atoms with Crippen molar-refractivity contribution >= 4 is 15.8 Å². The van der Waals surface area contributed by atoms with Crippen LogP contribution in [0, 0.1) is 0 Å². The van der Waals surface area contributed by atoms with E-state index >= 15 is 0 Å². The van der Waals surface area contributed by atoms with Gasteiger partial charge in [0, 0.05) is 6.26 Å². The highest BCUT2D eigenvalue weighted by Crippen LogP contribution is 2.20. The highest BCUT2D eigenvalue weighted by molar-refractivity contribution is 7.90. The lowest BCUT2D eigenvalue weighted by Crippen LogP contribution is -2.24. The van der Waals surface area contributed by atoms with Crippen LogP contribution in [0.15, 0.2) is 0 Å². The lowest BCUT2D eigenvalue weighted by molar-refractivity contribution is -0.148. The van der Waals surface area contributed by atoms with Gasteiger partial charge in [0.1, 0.15) is 9.84 Å². The van der Waals surface area contributed by atoms with E-state index in [0.717, 1.165) is 6.26 Å². The molecular formula is C7H12O5S. The molecular weight excluding hydrogens is 196 g/mol. The third-order valence-electron chi connectivity index (χ3n) is 1.87. The van der Waals surface area contributed by atoms with Crippen LogP contribution in [0.3, 0.4) is 0 Å². The van der Waals surface area contributed by atoms with E-state index in [9.17, 15) is 13.2 Å². The van der Waals surface area contributed by atoms with Crippen LogP contribution in [0.5, 0.6) is 0 Å². The molecule has 0 amide bonds. The summed E-state index contributed by atoms with van der Waals surface area (Å²) in [6.45, 7) is 0. The summed E-state index contributed by atoms with van der Waals surface area (Å²) in [4.78, 5) is 10.4. The molecule has 0 aromatic heterocycles. The first-order valence-electron chi connectivity index (χ1n) is 3.94. The molecule has 1 N–H and O–H groups in total. The van der Waals surface area contributed by atoms with Crippen molar-refractivity contribution in [2.24, 2.45) is 0 Å². The van der Waals surface area contributed by atoms with Crippen LogP contribution < -0.4 is 0 Å². The fraction of sp³-hybridized carbons (Fsp3) is 0.857. The Hall–Kier alpha value is -0.620. The monoisotopic (exact) mass is 208 g/mol. The van der Waals surface area contributed by atoms with E-state index in [4.69, 9.17) is 9.84 Å². The number of ether oxygens (including phenoxy) is 1. The van der Waals surface area contributed by atoms with Crippen LogP contribution in [0.2, 0.25) is 0 Å². The molecule has 1 heterocycles. The minimum atomic E-state index is -3.07. The maximum Gasteiger partial charge on any atom is 0.332 e. The Bertz CT molecular complexity index is 294. The molecule has 1 saturated heterocycles. The summed E-state index contributed by atoms with van der Waals surface area (Å²) < 4.78 is 26.7. The zero-order valence-electron chi connectivity index (χ0n) is 7.26. The van der Waals surface area contributed by atoms with E-state index in [1.54, 1.807) is 0 Å². The number of hydrogen-bond acceptors (Lipinski definition) is 4. The fourth-order valence-corrected chi connectivity index (χ4v) is 2.27. The van der Waals surface area contributed by atoms with Crippen molar-refractivity contribution in [2.45, 2.75) is 25.0 Å². The molecule has 1 aliphatic heterocycles. The van der Waals surface area contributed by atoms with E-state index in [2.05, 4.69) is 0 Å². The van der Waals surface area contributed by atoms with Gasteiger partial charge in [0.2, 0.25) is 0 Å². The fourth-order valence-electron chi connectivity index (χ4n) is 1.35. The normalized spacial score (nSPS) is 29.0. The average molecular weight is 208 g/mol. The van der Waals surface area contributed by atoms with Gasteiger partial charge in [-0.3, -0.25) is 0 Å². The number of carboxylic acids is 1. The maximum atomic E-state index is 10.8. The summed E-state index contributed by atoms with van der Waals surface area (Å²) in [5, 5.41) is 8.55. The molecule has 0 spiro atoms. The molecule has 2 atom stereocenters. The zero-order chi connectivity index (χ0) is 10.1. The van der Waals surface area contributed by atoms with E-state index < -0.39 is 28.0 Å². The molecule has 2 unspecified atom stereocenters. The minimum absolute atomic E-state index is 0.0865. The van der Waals surface area contributed by atoms with Crippen LogP contribution in [0.1, 0.15) is 12.8 Å². The summed E-state index contributed by atoms with van der Waals surface area (Å²) in [6.07, 6.45) is 0.743. The smallest absolute Gasteiger partial charge is 0.332 e. The molecule has 0 aromatic carbocycles. The summed E-state index contributed by atoms with van der Waals surface area (Å²) >= 11 is 0. The van der Waals surface area contributed by atoms with Crippen molar-refractivity contribution in [3.63, 3.8) is 0 Å². The van der Waals surface area contributed by atoms with Crippen molar-refractivity contribution in [3.05, 3.63) is 0 Å². The summed E-state index contributed by atoms with van der Waals surface area (Å²) in [5.41, 5.74) is 0. The van der Waals surface area contributed by atoms with Gasteiger partial charge >= 0.3 is 5.97 Å². The number of rotatable bonds is 3. The van der Waals surface area contributed by atoms with Gasteiger partial charge in [0.15, 0.2) is 6.10 Å². The molecule has 1 rings (SSSR count). The molecule has 76 valence electrons. The van der Waals surface area contributed by atoms with Gasteiger partial charge in [-0.1, -0.05) is 0 Å². The molecule has 0 aliphatic carbocycles. The molecule has 1 aliphatic rings. The molecule has 5 nitrogen and oxygen atoms in total. The van der Waals surface area contributed by atoms with Gasteiger partial charge < -0.3 is 9.84 Å². The second-order valence-electron chi connectivity index (χ2n) is 3.25. The van der Waals surface area contributed by atoms with Gasteiger partial charge in [-0.05, 0) is 12.8 Å². The van der Waals surface area contributed by atoms with E-state index in [0.29, 0.717) is 12.8 Å². The topological polar surface area (TPSA) is 80.7 Å². The van der Waals surface area contributed by atoms with Crippen LogP contribution in [-0.2, 0) is 19.4 Å². The van der Waals surface area contributed by atoms with Crippen LogP contribution in [0.25, 0.3) is 0 Å². The summed E-state index contributed by atoms with van der Waals surface area (Å²) in [5.74, 6) is -1.10. The highest BCUT2D eigenvalue weighted by Gasteiger charge is 2.32. The van der Waals surface area contributed by atoms with Crippen molar-refractivity contribution in [1.29, 1.82) is 0 Å². The molecule has 6 heteroatoms. The third-order valence-corrected chi connectivity index (χ3v) is 2.85. The number of aliphatic carboxylic acids is 1. The van der Waals surface area contributed by atoms with Crippen molar-refractivity contribution in [2.75, 3.05) is 12.0 Å². The Morgan fingerprint density at radius 1 is 1.54 bits per heavy atom. The van der Waals surface area contributed by atoms with Crippen LogP contribution in [-0.4, -0.2) is 43.7 Å². The van der Waals surface area contributed by atoms with Crippen molar-refractivity contribution in [1.82, 2.24) is 0 Å². The van der Waals surface area contributed by atoms with Gasteiger partial charge in [0.05, 0.1) is 11.9 Å². The van der Waals surface area contributed by atoms with Gasteiger partial charge in [-0.2, -0.15) is 0 Å². The lowest BCUT2D eigenvalue weighted by atomic mass is 10.2. The first-order valence-corrected chi connectivity index (χ1v) is 6.00.